The van der Waals surface area contributed by atoms with Crippen molar-refractivity contribution >= 4 is 11.8 Å². The van der Waals surface area contributed by atoms with Gasteiger partial charge in [0.05, 0.1) is 19.3 Å². The zero-order chi connectivity index (χ0) is 9.23. The molecule has 0 amide bonds. The Hall–Kier alpha value is -0.240. The fraction of sp³-hybridized carbons (Fsp3) is 0.875. The van der Waals surface area contributed by atoms with E-state index in [-0.39, 0.29) is 19.3 Å². The van der Waals surface area contributed by atoms with Gasteiger partial charge in [-0.3, -0.25) is 0 Å². The molecule has 0 radical (unpaired) electrons. The summed E-state index contributed by atoms with van der Waals surface area (Å²) in [5.74, 6) is 2.01. The van der Waals surface area contributed by atoms with Crippen LogP contribution in [0, 0.1) is 11.3 Å². The van der Waals surface area contributed by atoms with Crippen LogP contribution in [0.2, 0.25) is 0 Å². The largest absolute Gasteiger partial charge is 0.394 e. The van der Waals surface area contributed by atoms with Crippen LogP contribution in [0.25, 0.3) is 0 Å². The van der Waals surface area contributed by atoms with Gasteiger partial charge in [0.2, 0.25) is 0 Å². The standard InChI is InChI=1S/C8H15NO2S/c1-2-12-6-3-8(7-9)11-5-4-10/h8,10H,2-6H2,1H3. The lowest BCUT2D eigenvalue weighted by atomic mass is 10.3. The fourth-order valence-corrected chi connectivity index (χ4v) is 1.38. The predicted molar refractivity (Wildman–Crippen MR) is 50.1 cm³/mol. The third kappa shape index (κ3) is 6.47. The van der Waals surface area contributed by atoms with Crippen molar-refractivity contribution in [2.24, 2.45) is 0 Å². The van der Waals surface area contributed by atoms with Crippen molar-refractivity contribution in [3.05, 3.63) is 0 Å². The van der Waals surface area contributed by atoms with Crippen LogP contribution in [0.15, 0.2) is 0 Å². The van der Waals surface area contributed by atoms with Crippen LogP contribution >= 0.6 is 11.8 Å². The van der Waals surface area contributed by atoms with Crippen LogP contribution in [0.4, 0.5) is 0 Å². The van der Waals surface area contributed by atoms with Crippen molar-refractivity contribution in [2.45, 2.75) is 19.4 Å². The van der Waals surface area contributed by atoms with Gasteiger partial charge in [-0.1, -0.05) is 6.92 Å². The van der Waals surface area contributed by atoms with Crippen molar-refractivity contribution in [2.75, 3.05) is 24.7 Å². The molecule has 0 aliphatic heterocycles. The quantitative estimate of drug-likeness (QED) is 0.608. The molecule has 12 heavy (non-hydrogen) atoms. The number of aliphatic hydroxyl groups excluding tert-OH is 1. The van der Waals surface area contributed by atoms with E-state index in [0.717, 1.165) is 17.9 Å². The van der Waals surface area contributed by atoms with Gasteiger partial charge < -0.3 is 9.84 Å². The first kappa shape index (κ1) is 11.8. The number of rotatable bonds is 7. The highest BCUT2D eigenvalue weighted by Crippen LogP contribution is 2.05. The van der Waals surface area contributed by atoms with Gasteiger partial charge in [0.15, 0.2) is 0 Å². The number of hydrogen-bond donors (Lipinski definition) is 1. The maximum Gasteiger partial charge on any atom is 0.144 e. The van der Waals surface area contributed by atoms with E-state index in [1.54, 1.807) is 11.8 Å². The Balaban J connectivity index is 3.35. The zero-order valence-corrected chi connectivity index (χ0v) is 8.14. The first-order valence-corrected chi connectivity index (χ1v) is 5.20. The van der Waals surface area contributed by atoms with Gasteiger partial charge in [-0.15, -0.1) is 0 Å². The monoisotopic (exact) mass is 189 g/mol. The van der Waals surface area contributed by atoms with Crippen LogP contribution in [0.5, 0.6) is 0 Å². The van der Waals surface area contributed by atoms with Gasteiger partial charge in [-0.25, -0.2) is 0 Å². The summed E-state index contributed by atoms with van der Waals surface area (Å²) in [4.78, 5) is 0. The third-order valence-corrected chi connectivity index (χ3v) is 2.22. The molecule has 3 nitrogen and oxygen atoms in total. The molecule has 0 saturated carbocycles. The van der Waals surface area contributed by atoms with Crippen LogP contribution in [0.3, 0.4) is 0 Å². The van der Waals surface area contributed by atoms with E-state index in [2.05, 4.69) is 6.92 Å². The molecule has 0 aromatic carbocycles. The second kappa shape index (κ2) is 8.85. The Morgan fingerprint density at radius 3 is 2.92 bits per heavy atom. The molecule has 0 heterocycles. The lowest BCUT2D eigenvalue weighted by Gasteiger charge is -2.08. The Kier molecular flexibility index (Phi) is 8.68. The Labute approximate surface area is 77.7 Å². The van der Waals surface area contributed by atoms with Gasteiger partial charge >= 0.3 is 0 Å². The zero-order valence-electron chi connectivity index (χ0n) is 7.32. The molecule has 0 aromatic rings. The summed E-state index contributed by atoms with van der Waals surface area (Å²) in [6.07, 6.45) is 0.394. The molecule has 70 valence electrons. The molecule has 0 fully saturated rings. The molecule has 0 saturated heterocycles. The van der Waals surface area contributed by atoms with E-state index in [9.17, 15) is 0 Å². The van der Waals surface area contributed by atoms with Gasteiger partial charge in [0.1, 0.15) is 6.10 Å². The van der Waals surface area contributed by atoms with Crippen molar-refractivity contribution in [1.29, 1.82) is 5.26 Å². The molecule has 1 unspecified atom stereocenters. The number of hydrogen-bond acceptors (Lipinski definition) is 4. The van der Waals surface area contributed by atoms with Gasteiger partial charge in [0, 0.05) is 0 Å². The maximum absolute atomic E-state index is 8.59. The van der Waals surface area contributed by atoms with E-state index >= 15 is 0 Å². The summed E-state index contributed by atoms with van der Waals surface area (Å²) in [5, 5.41) is 17.0. The maximum atomic E-state index is 8.59. The van der Waals surface area contributed by atoms with Crippen LogP contribution in [-0.2, 0) is 4.74 Å². The SMILES string of the molecule is CCSCCC(C#N)OCCO. The molecule has 0 rings (SSSR count). The molecule has 0 spiro atoms. The van der Waals surface area contributed by atoms with Crippen molar-refractivity contribution < 1.29 is 9.84 Å². The Bertz CT molecular complexity index is 136. The van der Waals surface area contributed by atoms with Crippen LogP contribution < -0.4 is 0 Å². The average molecular weight is 189 g/mol. The highest BCUT2D eigenvalue weighted by atomic mass is 32.2. The smallest absolute Gasteiger partial charge is 0.144 e. The van der Waals surface area contributed by atoms with Crippen molar-refractivity contribution in [3.63, 3.8) is 0 Å². The Morgan fingerprint density at radius 2 is 2.42 bits per heavy atom. The summed E-state index contributed by atoms with van der Waals surface area (Å²) in [6.45, 7) is 2.33. The third-order valence-electron chi connectivity index (χ3n) is 1.28. The molecule has 4 heteroatoms. The minimum absolute atomic E-state index is 0.0148. The first-order valence-electron chi connectivity index (χ1n) is 4.05. The first-order chi connectivity index (χ1) is 5.85. The molecule has 0 aromatic heterocycles. The Morgan fingerprint density at radius 1 is 1.67 bits per heavy atom. The van der Waals surface area contributed by atoms with E-state index in [1.807, 2.05) is 6.07 Å². The lowest BCUT2D eigenvalue weighted by molar-refractivity contribution is 0.0573. The molecule has 1 atom stereocenters. The average Bonchev–Trinajstić information content (AvgIpc) is 2.11. The summed E-state index contributed by atoms with van der Waals surface area (Å²) in [5.41, 5.74) is 0. The number of thioether (sulfide) groups is 1. The second-order valence-electron chi connectivity index (χ2n) is 2.20. The summed E-state index contributed by atoms with van der Waals surface area (Å²) >= 11 is 1.79. The summed E-state index contributed by atoms with van der Waals surface area (Å²) in [6, 6.07) is 2.05. The highest BCUT2D eigenvalue weighted by molar-refractivity contribution is 7.99. The minimum Gasteiger partial charge on any atom is -0.394 e. The van der Waals surface area contributed by atoms with E-state index in [0.29, 0.717) is 0 Å². The topological polar surface area (TPSA) is 53.2 Å². The number of nitrogens with zero attached hydrogens (tertiary/aromatic N) is 1. The van der Waals surface area contributed by atoms with Crippen molar-refractivity contribution in [1.82, 2.24) is 0 Å². The normalized spacial score (nSPS) is 12.4. The van der Waals surface area contributed by atoms with E-state index in [4.69, 9.17) is 15.1 Å². The van der Waals surface area contributed by atoms with Gasteiger partial charge in [-0.05, 0) is 17.9 Å². The molecular weight excluding hydrogens is 174 g/mol. The minimum atomic E-state index is -0.351. The molecular formula is C8H15NO2S. The van der Waals surface area contributed by atoms with E-state index in [1.165, 1.54) is 0 Å². The summed E-state index contributed by atoms with van der Waals surface area (Å²) < 4.78 is 5.06. The second-order valence-corrected chi connectivity index (χ2v) is 3.59. The fourth-order valence-electron chi connectivity index (χ4n) is 0.715. The van der Waals surface area contributed by atoms with Crippen LogP contribution in [-0.4, -0.2) is 35.9 Å². The van der Waals surface area contributed by atoms with E-state index < -0.39 is 0 Å². The van der Waals surface area contributed by atoms with Crippen LogP contribution in [0.1, 0.15) is 13.3 Å². The number of nitriles is 1. The molecule has 0 aliphatic carbocycles. The van der Waals surface area contributed by atoms with Gasteiger partial charge in [0.25, 0.3) is 0 Å². The molecule has 0 bridgehead atoms. The molecule has 0 aliphatic rings. The number of aliphatic hydroxyl groups is 1. The lowest BCUT2D eigenvalue weighted by Crippen LogP contribution is -2.14. The highest BCUT2D eigenvalue weighted by Gasteiger charge is 2.05. The molecule has 1 N–H and O–H groups in total. The van der Waals surface area contributed by atoms with Crippen molar-refractivity contribution in [3.8, 4) is 6.07 Å². The summed E-state index contributed by atoms with van der Waals surface area (Å²) in [7, 11) is 0. The van der Waals surface area contributed by atoms with Gasteiger partial charge in [-0.2, -0.15) is 17.0 Å². The number of ether oxygens (including phenoxy) is 1. The predicted octanol–water partition coefficient (Wildman–Crippen LogP) is 1.03.